The Kier molecular flexibility index (Phi) is 7.54. The number of H-pyrrole nitrogens is 1. The summed E-state index contributed by atoms with van der Waals surface area (Å²) in [7, 11) is 0. The molecule has 1 fully saturated rings. The Hall–Kier alpha value is -3.28. The predicted molar refractivity (Wildman–Crippen MR) is 131 cm³/mol. The highest BCUT2D eigenvalue weighted by Gasteiger charge is 2.24. The summed E-state index contributed by atoms with van der Waals surface area (Å²) in [5.41, 5.74) is 4.23. The van der Waals surface area contributed by atoms with Crippen molar-refractivity contribution in [3.8, 4) is 16.9 Å². The van der Waals surface area contributed by atoms with Gasteiger partial charge in [-0.25, -0.2) is 0 Å². The number of aromatic nitrogens is 2. The van der Waals surface area contributed by atoms with Crippen LogP contribution in [0.25, 0.3) is 11.1 Å². The molecule has 0 unspecified atom stereocenters. The minimum atomic E-state index is -0.750. The molecule has 2 aromatic carbocycles. The van der Waals surface area contributed by atoms with E-state index in [0.717, 1.165) is 66.7 Å². The van der Waals surface area contributed by atoms with E-state index in [2.05, 4.69) is 45.4 Å². The highest BCUT2D eigenvalue weighted by atomic mass is 16.5. The van der Waals surface area contributed by atoms with E-state index < -0.39 is 12.0 Å². The molecule has 0 radical (unpaired) electrons. The van der Waals surface area contributed by atoms with Crippen LogP contribution in [-0.2, 0) is 11.3 Å². The van der Waals surface area contributed by atoms with Gasteiger partial charge in [0.1, 0.15) is 5.75 Å². The van der Waals surface area contributed by atoms with Crippen LogP contribution in [0.1, 0.15) is 58.3 Å². The number of aliphatic carboxylic acids is 1. The molecular weight excluding hydrogens is 414 g/mol. The van der Waals surface area contributed by atoms with Gasteiger partial charge in [0.05, 0.1) is 14.2 Å². The molecule has 0 amide bonds. The number of para-hydroxylation sites is 1. The van der Waals surface area contributed by atoms with Crippen molar-refractivity contribution in [2.75, 3.05) is 11.5 Å². The van der Waals surface area contributed by atoms with E-state index in [-0.39, 0.29) is 6.42 Å². The number of hydrogen-bond acceptors (Lipinski definition) is 4. The first kappa shape index (κ1) is 21.6. The number of unbranched alkanes of at least 4 members (excludes halogenated alkanes) is 2. The number of nitrogens with one attached hydrogen (secondary N) is 1. The second-order valence-electron chi connectivity index (χ2n) is 8.55. The monoisotopic (exact) mass is 448 g/mol. The van der Waals surface area contributed by atoms with Crippen molar-refractivity contribution in [1.82, 2.24) is 10.2 Å². The molecule has 0 bridgehead atoms. The normalized spacial score (nSPS) is 15.2. The first-order valence-corrected chi connectivity index (χ1v) is 11.8. The van der Waals surface area contributed by atoms with E-state index in [4.69, 9.17) is 9.84 Å². The zero-order chi connectivity index (χ0) is 23.8. The SMILES string of the molecule is [2H]C1(N(Cc2ccccc2OCCCCCC(=O)O)c2ccc(-c3cn[nH]c3)cc2)CCCC1. The Morgan fingerprint density at radius 1 is 1.09 bits per heavy atom. The van der Waals surface area contributed by atoms with Gasteiger partial charge < -0.3 is 14.7 Å². The molecule has 4 rings (SSSR count). The van der Waals surface area contributed by atoms with Crippen LogP contribution in [0.3, 0.4) is 0 Å². The number of benzene rings is 2. The van der Waals surface area contributed by atoms with Crippen LogP contribution in [0.15, 0.2) is 60.9 Å². The number of ether oxygens (including phenoxy) is 1. The predicted octanol–water partition coefficient (Wildman–Crippen LogP) is 6.05. The van der Waals surface area contributed by atoms with Gasteiger partial charge in [0.2, 0.25) is 0 Å². The maximum Gasteiger partial charge on any atom is 0.303 e. The van der Waals surface area contributed by atoms with Crippen LogP contribution in [-0.4, -0.2) is 33.9 Å². The molecule has 1 saturated carbocycles. The molecule has 1 aliphatic carbocycles. The summed E-state index contributed by atoms with van der Waals surface area (Å²) >= 11 is 0. The minimum absolute atomic E-state index is 0.205. The van der Waals surface area contributed by atoms with Crippen LogP contribution in [0.5, 0.6) is 5.75 Å². The van der Waals surface area contributed by atoms with Gasteiger partial charge in [-0.3, -0.25) is 9.89 Å². The molecule has 0 spiro atoms. The minimum Gasteiger partial charge on any atom is -0.493 e. The third-order valence-corrected chi connectivity index (χ3v) is 6.17. The molecule has 2 N–H and O–H groups in total. The van der Waals surface area contributed by atoms with Crippen molar-refractivity contribution in [2.24, 2.45) is 0 Å². The second-order valence-corrected chi connectivity index (χ2v) is 8.55. The van der Waals surface area contributed by atoms with Crippen molar-refractivity contribution < 1.29 is 16.0 Å². The highest BCUT2D eigenvalue weighted by Crippen LogP contribution is 2.33. The number of carboxylic acid groups (broad SMARTS) is 1. The van der Waals surface area contributed by atoms with Crippen molar-refractivity contribution in [3.63, 3.8) is 0 Å². The molecule has 0 atom stereocenters. The summed E-state index contributed by atoms with van der Waals surface area (Å²) < 4.78 is 15.4. The summed E-state index contributed by atoms with van der Waals surface area (Å²) in [6.45, 7) is 1.16. The Balaban J connectivity index is 1.49. The third-order valence-electron chi connectivity index (χ3n) is 6.17. The maximum absolute atomic E-state index is 10.7. The summed E-state index contributed by atoms with van der Waals surface area (Å²) in [4.78, 5) is 12.9. The lowest BCUT2D eigenvalue weighted by Gasteiger charge is -2.32. The average Bonchev–Trinajstić information content (AvgIpc) is 3.53. The van der Waals surface area contributed by atoms with Gasteiger partial charge in [-0.15, -0.1) is 0 Å². The number of carbonyl (C=O) groups is 1. The molecule has 1 heterocycles. The number of aromatic amines is 1. The number of anilines is 1. The molecule has 1 aliphatic rings. The Bertz CT molecular complexity index is 1050. The fraction of sp³-hybridized carbons (Fsp3) is 0.407. The number of nitrogens with zero attached hydrogens (tertiary/aromatic N) is 2. The quantitative estimate of drug-likeness (QED) is 0.330. The van der Waals surface area contributed by atoms with Gasteiger partial charge in [-0.2, -0.15) is 5.10 Å². The zero-order valence-corrected chi connectivity index (χ0v) is 19.0. The summed E-state index contributed by atoms with van der Waals surface area (Å²) in [6.07, 6.45) is 10.1. The molecule has 0 saturated heterocycles. The van der Waals surface area contributed by atoms with Gasteiger partial charge in [-0.05, 0) is 55.9 Å². The van der Waals surface area contributed by atoms with Crippen LogP contribution in [0.4, 0.5) is 5.69 Å². The smallest absolute Gasteiger partial charge is 0.303 e. The first-order chi connectivity index (χ1) is 16.5. The van der Waals surface area contributed by atoms with Crippen LogP contribution < -0.4 is 9.64 Å². The van der Waals surface area contributed by atoms with Crippen molar-refractivity contribution >= 4 is 11.7 Å². The standard InChI is InChI=1S/C27H33N3O3/c31-27(32)12-2-1-7-17-33-26-11-6-3-8-22(26)20-30(24-9-4-5-10-24)25-15-13-21(14-16-25)23-18-28-29-19-23/h3,6,8,11,13-16,18-19,24H,1-2,4-5,7,9-10,12,17,20H2,(H,28,29)(H,31,32)/i24D. The van der Waals surface area contributed by atoms with Gasteiger partial charge in [0, 0.05) is 42.0 Å². The molecule has 33 heavy (non-hydrogen) atoms. The van der Waals surface area contributed by atoms with E-state index in [1.807, 2.05) is 30.6 Å². The van der Waals surface area contributed by atoms with E-state index >= 15 is 0 Å². The van der Waals surface area contributed by atoms with Gasteiger partial charge in [-0.1, -0.05) is 43.2 Å². The van der Waals surface area contributed by atoms with Crippen LogP contribution in [0, 0.1) is 0 Å². The lowest BCUT2D eigenvalue weighted by atomic mass is 10.1. The second kappa shape index (κ2) is 11.5. The lowest BCUT2D eigenvalue weighted by Crippen LogP contribution is -2.32. The molecule has 6 nitrogen and oxygen atoms in total. The molecule has 0 aliphatic heterocycles. The topological polar surface area (TPSA) is 78.4 Å². The van der Waals surface area contributed by atoms with Gasteiger partial charge >= 0.3 is 5.97 Å². The fourth-order valence-corrected chi connectivity index (χ4v) is 4.36. The van der Waals surface area contributed by atoms with Gasteiger partial charge in [0.15, 0.2) is 0 Å². The summed E-state index contributed by atoms with van der Waals surface area (Å²) in [6, 6.07) is 15.8. The zero-order valence-electron chi connectivity index (χ0n) is 20.0. The van der Waals surface area contributed by atoms with Gasteiger partial charge in [0.25, 0.3) is 0 Å². The van der Waals surface area contributed by atoms with Crippen molar-refractivity contribution in [2.45, 2.75) is 63.9 Å². The maximum atomic E-state index is 10.7. The third kappa shape index (κ3) is 6.37. The average molecular weight is 449 g/mol. The van der Waals surface area contributed by atoms with Crippen LogP contribution >= 0.6 is 0 Å². The lowest BCUT2D eigenvalue weighted by molar-refractivity contribution is -0.137. The van der Waals surface area contributed by atoms with E-state index in [1.165, 1.54) is 0 Å². The molecule has 6 heteroatoms. The number of hydrogen-bond donors (Lipinski definition) is 2. The molecule has 1 aromatic heterocycles. The highest BCUT2D eigenvalue weighted by molar-refractivity contribution is 5.66. The largest absolute Gasteiger partial charge is 0.493 e. The van der Waals surface area contributed by atoms with Crippen molar-refractivity contribution in [3.05, 3.63) is 66.5 Å². The molecule has 3 aromatic rings. The molecular formula is C27H33N3O3. The van der Waals surface area contributed by atoms with E-state index in [0.29, 0.717) is 19.6 Å². The van der Waals surface area contributed by atoms with Crippen LogP contribution in [0.2, 0.25) is 0 Å². The Morgan fingerprint density at radius 2 is 1.88 bits per heavy atom. The first-order valence-electron chi connectivity index (χ1n) is 12.3. The van der Waals surface area contributed by atoms with Crippen molar-refractivity contribution in [1.29, 1.82) is 0 Å². The fourth-order valence-electron chi connectivity index (χ4n) is 4.36. The Morgan fingerprint density at radius 3 is 2.61 bits per heavy atom. The Labute approximate surface area is 197 Å². The van der Waals surface area contributed by atoms with E-state index in [1.54, 1.807) is 0 Å². The van der Waals surface area contributed by atoms with E-state index in [9.17, 15) is 6.17 Å². The summed E-state index contributed by atoms with van der Waals surface area (Å²) in [5.74, 6) is 0.0859. The number of rotatable bonds is 12. The summed E-state index contributed by atoms with van der Waals surface area (Å²) in [5, 5.41) is 15.7. The molecule has 174 valence electrons. The number of carboxylic acids is 1.